The van der Waals surface area contributed by atoms with Crippen molar-refractivity contribution in [2.75, 3.05) is 0 Å². The van der Waals surface area contributed by atoms with E-state index >= 15 is 0 Å². The molecular formula is C9H11N3O2. The molecule has 1 unspecified atom stereocenters. The lowest BCUT2D eigenvalue weighted by atomic mass is 10.2. The molecule has 0 spiro atoms. The van der Waals surface area contributed by atoms with E-state index in [0.717, 1.165) is 0 Å². The fraction of sp³-hybridized carbons (Fsp3) is 0.333. The van der Waals surface area contributed by atoms with Gasteiger partial charge in [-0.25, -0.2) is 9.97 Å². The summed E-state index contributed by atoms with van der Waals surface area (Å²) in [6.45, 7) is 1.73. The van der Waals surface area contributed by atoms with Crippen LogP contribution < -0.4 is 0 Å². The highest BCUT2D eigenvalue weighted by atomic mass is 16.3. The molecule has 5 nitrogen and oxygen atoms in total. The van der Waals surface area contributed by atoms with Crippen molar-refractivity contribution in [3.63, 3.8) is 0 Å². The third-order valence-electron chi connectivity index (χ3n) is 1.92. The Kier molecular flexibility index (Phi) is 2.09. The van der Waals surface area contributed by atoms with E-state index < -0.39 is 6.10 Å². The molecular weight excluding hydrogens is 182 g/mol. The molecule has 0 bridgehead atoms. The Labute approximate surface area is 81.0 Å². The molecule has 1 atom stereocenters. The van der Waals surface area contributed by atoms with Gasteiger partial charge in [0, 0.05) is 20.2 Å². The first kappa shape index (κ1) is 8.96. The monoisotopic (exact) mass is 193 g/mol. The Bertz CT molecular complexity index is 392. The maximum Gasteiger partial charge on any atom is 0.191 e. The molecule has 2 heterocycles. The lowest BCUT2D eigenvalue weighted by Gasteiger charge is -2.01. The SMILES string of the molecule is Cc1nc(C(O)c2cn(C)cn2)co1. The zero-order valence-corrected chi connectivity index (χ0v) is 8.01. The first-order valence-electron chi connectivity index (χ1n) is 4.25. The smallest absolute Gasteiger partial charge is 0.191 e. The Morgan fingerprint density at radius 1 is 1.50 bits per heavy atom. The van der Waals surface area contributed by atoms with Gasteiger partial charge >= 0.3 is 0 Å². The fourth-order valence-electron chi connectivity index (χ4n) is 1.23. The van der Waals surface area contributed by atoms with Gasteiger partial charge in [0.2, 0.25) is 0 Å². The van der Waals surface area contributed by atoms with Crippen LogP contribution in [0.2, 0.25) is 0 Å². The van der Waals surface area contributed by atoms with E-state index in [9.17, 15) is 5.11 Å². The Morgan fingerprint density at radius 3 is 2.79 bits per heavy atom. The molecule has 0 aromatic carbocycles. The van der Waals surface area contributed by atoms with Gasteiger partial charge in [-0.2, -0.15) is 0 Å². The molecule has 74 valence electrons. The van der Waals surface area contributed by atoms with Gasteiger partial charge in [0.05, 0.1) is 12.0 Å². The van der Waals surface area contributed by atoms with Crippen LogP contribution in [0.4, 0.5) is 0 Å². The van der Waals surface area contributed by atoms with Crippen LogP contribution in [0.5, 0.6) is 0 Å². The number of hydrogen-bond acceptors (Lipinski definition) is 4. The standard InChI is InChI=1S/C9H11N3O2/c1-6-11-8(4-14-6)9(13)7-3-12(2)5-10-7/h3-5,9,13H,1-2H3. The number of aliphatic hydroxyl groups excluding tert-OH is 1. The maximum absolute atomic E-state index is 9.82. The van der Waals surface area contributed by atoms with Crippen molar-refractivity contribution in [2.24, 2.45) is 7.05 Å². The van der Waals surface area contributed by atoms with Crippen LogP contribution in [0.1, 0.15) is 23.4 Å². The van der Waals surface area contributed by atoms with E-state index in [0.29, 0.717) is 17.3 Å². The molecule has 2 aromatic rings. The quantitative estimate of drug-likeness (QED) is 0.766. The lowest BCUT2D eigenvalue weighted by molar-refractivity contribution is 0.210. The van der Waals surface area contributed by atoms with Gasteiger partial charge in [-0.05, 0) is 0 Å². The highest BCUT2D eigenvalue weighted by molar-refractivity contribution is 5.14. The van der Waals surface area contributed by atoms with Crippen LogP contribution in [-0.4, -0.2) is 19.6 Å². The third-order valence-corrected chi connectivity index (χ3v) is 1.92. The first-order valence-corrected chi connectivity index (χ1v) is 4.25. The predicted molar refractivity (Wildman–Crippen MR) is 48.5 cm³/mol. The Hall–Kier alpha value is -1.62. The minimum Gasteiger partial charge on any atom is -0.449 e. The topological polar surface area (TPSA) is 64.1 Å². The predicted octanol–water partition coefficient (Wildman–Crippen LogP) is 0.798. The number of nitrogens with zero attached hydrogens (tertiary/aromatic N) is 3. The molecule has 0 aliphatic carbocycles. The van der Waals surface area contributed by atoms with Crippen molar-refractivity contribution in [3.05, 3.63) is 36.1 Å². The van der Waals surface area contributed by atoms with Crippen LogP contribution in [0.15, 0.2) is 23.2 Å². The number of aryl methyl sites for hydroxylation is 2. The van der Waals surface area contributed by atoms with Crippen molar-refractivity contribution in [1.29, 1.82) is 0 Å². The number of hydrogen-bond donors (Lipinski definition) is 1. The van der Waals surface area contributed by atoms with Gasteiger partial charge < -0.3 is 14.1 Å². The molecule has 14 heavy (non-hydrogen) atoms. The Balaban J connectivity index is 2.28. The summed E-state index contributed by atoms with van der Waals surface area (Å²) in [5.74, 6) is 0.537. The molecule has 0 saturated carbocycles. The molecule has 0 aliphatic rings. The number of imidazole rings is 1. The van der Waals surface area contributed by atoms with Crippen LogP contribution in [-0.2, 0) is 7.05 Å². The van der Waals surface area contributed by atoms with Crippen LogP contribution >= 0.6 is 0 Å². The summed E-state index contributed by atoms with van der Waals surface area (Å²) >= 11 is 0. The van der Waals surface area contributed by atoms with Crippen molar-refractivity contribution in [3.8, 4) is 0 Å². The molecule has 0 amide bonds. The summed E-state index contributed by atoms with van der Waals surface area (Å²) < 4.78 is 6.78. The minimum absolute atomic E-state index is 0.487. The van der Waals surface area contributed by atoms with Gasteiger partial charge in [0.15, 0.2) is 5.89 Å². The highest BCUT2D eigenvalue weighted by Crippen LogP contribution is 2.18. The number of rotatable bonds is 2. The molecule has 2 aromatic heterocycles. The first-order chi connectivity index (χ1) is 6.66. The van der Waals surface area contributed by atoms with Gasteiger partial charge in [0.25, 0.3) is 0 Å². The van der Waals surface area contributed by atoms with E-state index in [1.54, 1.807) is 24.0 Å². The Morgan fingerprint density at radius 2 is 2.29 bits per heavy atom. The highest BCUT2D eigenvalue weighted by Gasteiger charge is 2.16. The van der Waals surface area contributed by atoms with E-state index in [1.165, 1.54) is 6.26 Å². The molecule has 5 heteroatoms. The summed E-state index contributed by atoms with van der Waals surface area (Å²) in [7, 11) is 1.84. The maximum atomic E-state index is 9.82. The van der Waals surface area contributed by atoms with E-state index in [4.69, 9.17) is 4.42 Å². The van der Waals surface area contributed by atoms with Gasteiger partial charge in [-0.3, -0.25) is 0 Å². The zero-order chi connectivity index (χ0) is 10.1. The summed E-state index contributed by atoms with van der Waals surface area (Å²) in [5, 5.41) is 9.82. The summed E-state index contributed by atoms with van der Waals surface area (Å²) in [4.78, 5) is 8.06. The largest absolute Gasteiger partial charge is 0.449 e. The number of aliphatic hydroxyl groups is 1. The molecule has 0 fully saturated rings. The van der Waals surface area contributed by atoms with E-state index in [1.807, 2.05) is 7.05 Å². The average molecular weight is 193 g/mol. The second kappa shape index (κ2) is 3.26. The second-order valence-corrected chi connectivity index (χ2v) is 3.16. The average Bonchev–Trinajstić information content (AvgIpc) is 2.73. The van der Waals surface area contributed by atoms with E-state index in [-0.39, 0.29) is 0 Å². The minimum atomic E-state index is -0.811. The van der Waals surface area contributed by atoms with Crippen LogP contribution in [0.25, 0.3) is 0 Å². The molecule has 0 aliphatic heterocycles. The molecule has 2 rings (SSSR count). The van der Waals surface area contributed by atoms with Crippen molar-refractivity contribution in [2.45, 2.75) is 13.0 Å². The fourth-order valence-corrected chi connectivity index (χ4v) is 1.23. The summed E-state index contributed by atoms with van der Waals surface area (Å²) in [6, 6.07) is 0. The zero-order valence-electron chi connectivity index (χ0n) is 8.01. The number of aromatic nitrogens is 3. The molecule has 0 radical (unpaired) electrons. The van der Waals surface area contributed by atoms with Gasteiger partial charge in [-0.1, -0.05) is 0 Å². The lowest BCUT2D eigenvalue weighted by Crippen LogP contribution is -2.00. The van der Waals surface area contributed by atoms with Crippen molar-refractivity contribution in [1.82, 2.24) is 14.5 Å². The van der Waals surface area contributed by atoms with Gasteiger partial charge in [0.1, 0.15) is 18.1 Å². The van der Waals surface area contributed by atoms with Crippen molar-refractivity contribution < 1.29 is 9.52 Å². The summed E-state index contributed by atoms with van der Waals surface area (Å²) in [6.07, 6.45) is 4.00. The third kappa shape index (κ3) is 1.54. The molecule has 0 saturated heterocycles. The van der Waals surface area contributed by atoms with Crippen molar-refractivity contribution >= 4 is 0 Å². The van der Waals surface area contributed by atoms with Crippen LogP contribution in [0.3, 0.4) is 0 Å². The van der Waals surface area contributed by atoms with Crippen LogP contribution in [0, 0.1) is 6.92 Å². The van der Waals surface area contributed by atoms with Gasteiger partial charge in [-0.15, -0.1) is 0 Å². The number of oxazole rings is 1. The normalized spacial score (nSPS) is 13.1. The van der Waals surface area contributed by atoms with E-state index in [2.05, 4.69) is 9.97 Å². The summed E-state index contributed by atoms with van der Waals surface area (Å²) in [5.41, 5.74) is 1.06. The second-order valence-electron chi connectivity index (χ2n) is 3.16. The molecule has 1 N–H and O–H groups in total.